The molecular weight excluding hydrogens is 247 g/mol. The van der Waals surface area contributed by atoms with Crippen molar-refractivity contribution < 1.29 is 4.74 Å². The number of aromatic nitrogens is 1. The smallest absolute Gasteiger partial charge is 0.154 e. The zero-order chi connectivity index (χ0) is 11.7. The van der Waals surface area contributed by atoms with Crippen LogP contribution < -0.4 is 10.5 Å². The van der Waals surface area contributed by atoms with Gasteiger partial charge in [-0.15, -0.1) is 0 Å². The molecule has 0 fully saturated rings. The molecule has 0 saturated carbocycles. The van der Waals surface area contributed by atoms with E-state index in [1.54, 1.807) is 0 Å². The fourth-order valence-corrected chi connectivity index (χ4v) is 1.95. The van der Waals surface area contributed by atoms with Gasteiger partial charge >= 0.3 is 0 Å². The van der Waals surface area contributed by atoms with Gasteiger partial charge < -0.3 is 10.5 Å². The van der Waals surface area contributed by atoms with Gasteiger partial charge in [0.25, 0.3) is 0 Å². The van der Waals surface area contributed by atoms with Crippen molar-refractivity contribution >= 4 is 39.8 Å². The summed E-state index contributed by atoms with van der Waals surface area (Å²) in [5.74, 6) is 0.656. The highest BCUT2D eigenvalue weighted by molar-refractivity contribution is 6.41. The second-order valence-electron chi connectivity index (χ2n) is 3.22. The number of ether oxygens (including phenoxy) is 1. The number of halogens is 2. The van der Waals surface area contributed by atoms with Crippen LogP contribution in [0, 0.1) is 0 Å². The second kappa shape index (κ2) is 4.36. The van der Waals surface area contributed by atoms with Crippen LogP contribution in [0.2, 0.25) is 10.2 Å². The van der Waals surface area contributed by atoms with Crippen LogP contribution in [-0.4, -0.2) is 11.6 Å². The Kier molecular flexibility index (Phi) is 3.08. The van der Waals surface area contributed by atoms with Crippen molar-refractivity contribution in [2.24, 2.45) is 0 Å². The molecule has 84 valence electrons. The van der Waals surface area contributed by atoms with E-state index in [0.717, 1.165) is 5.39 Å². The lowest BCUT2D eigenvalue weighted by Crippen LogP contribution is -1.97. The largest absolute Gasteiger partial charge is 0.492 e. The number of benzene rings is 1. The van der Waals surface area contributed by atoms with Crippen molar-refractivity contribution in [3.63, 3.8) is 0 Å². The van der Waals surface area contributed by atoms with Crippen molar-refractivity contribution in [3.8, 4) is 5.75 Å². The van der Waals surface area contributed by atoms with Crippen molar-refractivity contribution in [2.75, 3.05) is 12.3 Å². The van der Waals surface area contributed by atoms with E-state index in [4.69, 9.17) is 33.7 Å². The molecule has 1 heterocycles. The number of hydrogen-bond donors (Lipinski definition) is 1. The summed E-state index contributed by atoms with van der Waals surface area (Å²) in [6, 6.07) is 5.50. The number of nitrogen functional groups attached to an aromatic ring is 1. The Bertz CT molecular complexity index is 543. The van der Waals surface area contributed by atoms with E-state index >= 15 is 0 Å². The molecule has 0 unspecified atom stereocenters. The molecule has 0 radical (unpaired) electrons. The van der Waals surface area contributed by atoms with Crippen LogP contribution in [0.5, 0.6) is 5.75 Å². The van der Waals surface area contributed by atoms with Crippen molar-refractivity contribution in [1.29, 1.82) is 0 Å². The van der Waals surface area contributed by atoms with Gasteiger partial charge in [-0.1, -0.05) is 35.3 Å². The summed E-state index contributed by atoms with van der Waals surface area (Å²) in [4.78, 5) is 4.19. The number of anilines is 1. The Balaban J connectivity index is 2.78. The minimum atomic E-state index is 0.199. The third-order valence-corrected chi connectivity index (χ3v) is 2.90. The summed E-state index contributed by atoms with van der Waals surface area (Å²) in [5, 5.41) is 1.36. The highest BCUT2D eigenvalue weighted by Gasteiger charge is 2.12. The van der Waals surface area contributed by atoms with Crippen LogP contribution in [0.3, 0.4) is 0 Å². The quantitative estimate of drug-likeness (QED) is 0.837. The van der Waals surface area contributed by atoms with Gasteiger partial charge in [-0.25, -0.2) is 4.98 Å². The molecule has 0 atom stereocenters. The predicted molar refractivity (Wildman–Crippen MR) is 67.3 cm³/mol. The van der Waals surface area contributed by atoms with Gasteiger partial charge in [0.05, 0.1) is 17.3 Å². The van der Waals surface area contributed by atoms with E-state index in [-0.39, 0.29) is 5.15 Å². The minimum Gasteiger partial charge on any atom is -0.492 e. The lowest BCUT2D eigenvalue weighted by molar-refractivity contribution is 0.343. The molecule has 2 rings (SSSR count). The number of nitrogens with two attached hydrogens (primary N) is 1. The molecule has 0 spiro atoms. The first-order chi connectivity index (χ1) is 7.65. The molecule has 2 N–H and O–H groups in total. The lowest BCUT2D eigenvalue weighted by atomic mass is 10.2. The number of para-hydroxylation sites is 1. The molecule has 1 aromatic heterocycles. The maximum Gasteiger partial charge on any atom is 0.154 e. The van der Waals surface area contributed by atoms with Crippen LogP contribution in [0.25, 0.3) is 10.9 Å². The van der Waals surface area contributed by atoms with E-state index in [1.165, 1.54) is 0 Å². The first-order valence-corrected chi connectivity index (χ1v) is 5.56. The fourth-order valence-electron chi connectivity index (χ4n) is 1.48. The highest BCUT2D eigenvalue weighted by atomic mass is 35.5. The second-order valence-corrected chi connectivity index (χ2v) is 3.95. The standard InChI is InChI=1S/C11H10Cl2N2O/c1-2-16-7-5-3-4-6-8(12)9(14)11(13)15-10(6)7/h3-5H,2,14H2,1H3. The highest BCUT2D eigenvalue weighted by Crippen LogP contribution is 2.36. The monoisotopic (exact) mass is 256 g/mol. The zero-order valence-electron chi connectivity index (χ0n) is 8.63. The van der Waals surface area contributed by atoms with Gasteiger partial charge in [0.15, 0.2) is 5.15 Å². The fraction of sp³-hybridized carbons (Fsp3) is 0.182. The molecule has 5 heteroatoms. The molecular formula is C11H10Cl2N2O. The molecule has 2 aromatic rings. The van der Waals surface area contributed by atoms with Gasteiger partial charge in [-0.3, -0.25) is 0 Å². The third-order valence-electron chi connectivity index (χ3n) is 2.20. The Morgan fingerprint density at radius 1 is 1.38 bits per heavy atom. The maximum atomic E-state index is 6.10. The number of pyridine rings is 1. The van der Waals surface area contributed by atoms with E-state index < -0.39 is 0 Å². The van der Waals surface area contributed by atoms with Crippen LogP contribution in [0.1, 0.15) is 6.92 Å². The van der Waals surface area contributed by atoms with Gasteiger partial charge in [0.1, 0.15) is 11.3 Å². The van der Waals surface area contributed by atoms with Crippen LogP contribution in [-0.2, 0) is 0 Å². The average molecular weight is 257 g/mol. The van der Waals surface area contributed by atoms with Crippen molar-refractivity contribution in [3.05, 3.63) is 28.4 Å². The third kappa shape index (κ3) is 1.77. The molecule has 0 amide bonds. The summed E-state index contributed by atoms with van der Waals surface area (Å²) in [7, 11) is 0. The van der Waals surface area contributed by atoms with Crippen molar-refractivity contribution in [2.45, 2.75) is 6.92 Å². The summed E-state index contributed by atoms with van der Waals surface area (Å²) >= 11 is 12.0. The molecule has 0 bridgehead atoms. The average Bonchev–Trinajstić information content (AvgIpc) is 2.28. The molecule has 16 heavy (non-hydrogen) atoms. The first kappa shape index (κ1) is 11.3. The van der Waals surface area contributed by atoms with E-state index in [2.05, 4.69) is 4.98 Å². The Labute approximate surface area is 103 Å². The maximum absolute atomic E-state index is 6.10. The molecule has 0 aliphatic carbocycles. The predicted octanol–water partition coefficient (Wildman–Crippen LogP) is 3.52. The number of fused-ring (bicyclic) bond motifs is 1. The van der Waals surface area contributed by atoms with Gasteiger partial charge in [-0.05, 0) is 13.0 Å². The molecule has 1 aromatic carbocycles. The lowest BCUT2D eigenvalue weighted by Gasteiger charge is -2.09. The van der Waals surface area contributed by atoms with E-state index in [9.17, 15) is 0 Å². The molecule has 0 aliphatic rings. The molecule has 0 aliphatic heterocycles. The summed E-state index contributed by atoms with van der Waals surface area (Å²) in [5.41, 5.74) is 6.63. The summed E-state index contributed by atoms with van der Waals surface area (Å²) in [6.45, 7) is 2.46. The van der Waals surface area contributed by atoms with E-state index in [0.29, 0.717) is 28.6 Å². The molecule has 3 nitrogen and oxygen atoms in total. The van der Waals surface area contributed by atoms with Crippen molar-refractivity contribution in [1.82, 2.24) is 4.98 Å². The Hall–Kier alpha value is -1.19. The minimum absolute atomic E-state index is 0.199. The van der Waals surface area contributed by atoms with Crippen LogP contribution >= 0.6 is 23.2 Å². The molecule has 0 saturated heterocycles. The summed E-state index contributed by atoms with van der Waals surface area (Å²) in [6.07, 6.45) is 0. The Morgan fingerprint density at radius 3 is 2.81 bits per heavy atom. The van der Waals surface area contributed by atoms with Crippen LogP contribution in [0.4, 0.5) is 5.69 Å². The number of nitrogens with zero attached hydrogens (tertiary/aromatic N) is 1. The topological polar surface area (TPSA) is 48.1 Å². The summed E-state index contributed by atoms with van der Waals surface area (Å²) < 4.78 is 5.45. The number of rotatable bonds is 2. The van der Waals surface area contributed by atoms with Crippen LogP contribution in [0.15, 0.2) is 18.2 Å². The van der Waals surface area contributed by atoms with Gasteiger partial charge in [0, 0.05) is 5.39 Å². The van der Waals surface area contributed by atoms with Gasteiger partial charge in [-0.2, -0.15) is 0 Å². The normalized spacial score (nSPS) is 10.7. The van der Waals surface area contributed by atoms with E-state index in [1.807, 2.05) is 25.1 Å². The number of hydrogen-bond acceptors (Lipinski definition) is 3. The Morgan fingerprint density at radius 2 is 2.12 bits per heavy atom. The van der Waals surface area contributed by atoms with Gasteiger partial charge in [0.2, 0.25) is 0 Å². The SMILES string of the molecule is CCOc1cccc2c(Cl)c(N)c(Cl)nc12. The first-order valence-electron chi connectivity index (χ1n) is 4.81. The zero-order valence-corrected chi connectivity index (χ0v) is 10.1.